The van der Waals surface area contributed by atoms with Crippen molar-refractivity contribution in [2.45, 2.75) is 89.1 Å². The number of nitrogens with zero attached hydrogens (tertiary/aromatic N) is 1. The molecule has 2 aliphatic carbocycles. The van der Waals surface area contributed by atoms with Crippen molar-refractivity contribution in [3.63, 3.8) is 0 Å². The van der Waals surface area contributed by atoms with Crippen LogP contribution in [0.15, 0.2) is 0 Å². The summed E-state index contributed by atoms with van der Waals surface area (Å²) in [5.41, 5.74) is 0. The van der Waals surface area contributed by atoms with Crippen LogP contribution >= 0.6 is 10.2 Å². The summed E-state index contributed by atoms with van der Waals surface area (Å²) in [6.45, 7) is 0. The van der Waals surface area contributed by atoms with Gasteiger partial charge in [-0.3, -0.25) is 4.31 Å². The Bertz CT molecular complexity index is 255. The summed E-state index contributed by atoms with van der Waals surface area (Å²) < 4.78 is 3.16. The molecule has 112 valence electrons. The summed E-state index contributed by atoms with van der Waals surface area (Å²) in [6.07, 6.45) is 20.8. The number of rotatable bonds is 3. The quantitative estimate of drug-likeness (QED) is 0.697. The normalized spacial score (nSPS) is 31.7. The molecule has 0 spiro atoms. The van der Waals surface area contributed by atoms with E-state index < -0.39 is 10.2 Å². The number of hydrogen-bond acceptors (Lipinski definition) is 1. The van der Waals surface area contributed by atoms with Crippen molar-refractivity contribution < 1.29 is 0 Å². The Morgan fingerprint density at radius 2 is 1.05 bits per heavy atom. The molecule has 0 amide bonds. The smallest absolute Gasteiger partial charge is 0.0190 e. The first-order chi connectivity index (χ1) is 9.30. The molecule has 0 unspecified atom stereocenters. The van der Waals surface area contributed by atoms with Gasteiger partial charge in [-0.15, -0.1) is 0 Å². The maximum absolute atomic E-state index is 3.16. The van der Waals surface area contributed by atoms with E-state index in [9.17, 15) is 0 Å². The average Bonchev–Trinajstić information content (AvgIpc) is 2.89. The Labute approximate surface area is 122 Å². The summed E-state index contributed by atoms with van der Waals surface area (Å²) in [4.78, 5) is 0. The van der Waals surface area contributed by atoms with Crippen LogP contribution in [0.1, 0.15) is 77.0 Å². The van der Waals surface area contributed by atoms with Gasteiger partial charge in [-0.2, -0.15) is 10.2 Å². The molecule has 0 aromatic rings. The van der Waals surface area contributed by atoms with Crippen molar-refractivity contribution in [3.05, 3.63) is 0 Å². The number of hydrogen-bond donors (Lipinski definition) is 0. The van der Waals surface area contributed by atoms with Crippen LogP contribution in [0.5, 0.6) is 0 Å². The lowest BCUT2D eigenvalue weighted by Gasteiger charge is -2.54. The molecule has 0 N–H and O–H groups in total. The second kappa shape index (κ2) is 6.39. The summed E-state index contributed by atoms with van der Waals surface area (Å²) in [6, 6.07) is 1.94. The minimum atomic E-state index is -0.410. The Kier molecular flexibility index (Phi) is 4.79. The fraction of sp³-hybridized carbons (Fsp3) is 1.00. The molecule has 1 heterocycles. The summed E-state index contributed by atoms with van der Waals surface area (Å²) >= 11 is 0. The lowest BCUT2D eigenvalue weighted by Crippen LogP contribution is -2.46. The van der Waals surface area contributed by atoms with E-state index in [4.69, 9.17) is 0 Å². The van der Waals surface area contributed by atoms with Gasteiger partial charge in [-0.05, 0) is 56.3 Å². The molecule has 0 bridgehead atoms. The van der Waals surface area contributed by atoms with Crippen LogP contribution in [0, 0.1) is 0 Å². The van der Waals surface area contributed by atoms with Gasteiger partial charge < -0.3 is 0 Å². The van der Waals surface area contributed by atoms with Crippen molar-refractivity contribution in [1.29, 1.82) is 0 Å². The highest BCUT2D eigenvalue weighted by atomic mass is 32.3. The molecule has 3 rings (SSSR count). The monoisotopic (exact) mass is 283 g/mol. The Morgan fingerprint density at radius 1 is 0.632 bits per heavy atom. The Balaban J connectivity index is 1.76. The Hall–Kier alpha value is 0.310. The van der Waals surface area contributed by atoms with E-state index in [1.54, 1.807) is 11.5 Å². The zero-order chi connectivity index (χ0) is 13.1. The maximum atomic E-state index is 3.16. The molecular formula is C17H33NS. The minimum absolute atomic E-state index is 0.410. The van der Waals surface area contributed by atoms with Crippen molar-refractivity contribution in [3.8, 4) is 0 Å². The molecule has 1 nitrogen and oxygen atoms in total. The van der Waals surface area contributed by atoms with E-state index in [2.05, 4.69) is 10.6 Å². The van der Waals surface area contributed by atoms with Crippen LogP contribution < -0.4 is 0 Å². The molecule has 0 aromatic heterocycles. The van der Waals surface area contributed by atoms with Crippen LogP contribution in [0.3, 0.4) is 0 Å². The third-order valence-electron chi connectivity index (χ3n) is 5.80. The Morgan fingerprint density at radius 3 is 1.47 bits per heavy atom. The molecule has 3 aliphatic rings. The highest BCUT2D eigenvalue weighted by Crippen LogP contribution is 2.58. The highest BCUT2D eigenvalue weighted by molar-refractivity contribution is 8.31. The lowest BCUT2D eigenvalue weighted by molar-refractivity contribution is 0.179. The second-order valence-electron chi connectivity index (χ2n) is 7.28. The fourth-order valence-electron chi connectivity index (χ4n) is 4.83. The molecule has 3 fully saturated rings. The molecule has 1 saturated heterocycles. The SMILES string of the molecule is CS1(N(C2CCCCC2)C2CCCCC2)CCCC1. The van der Waals surface area contributed by atoms with Gasteiger partial charge >= 0.3 is 0 Å². The largest absolute Gasteiger partial charge is 0.262 e. The molecule has 2 heteroatoms. The van der Waals surface area contributed by atoms with Gasteiger partial charge in [0.15, 0.2) is 0 Å². The van der Waals surface area contributed by atoms with Gasteiger partial charge in [-0.1, -0.05) is 38.5 Å². The average molecular weight is 284 g/mol. The molecule has 0 radical (unpaired) electrons. The lowest BCUT2D eigenvalue weighted by atomic mass is 9.91. The molecule has 19 heavy (non-hydrogen) atoms. The summed E-state index contributed by atoms with van der Waals surface area (Å²) in [5, 5.41) is 0. The van der Waals surface area contributed by atoms with Gasteiger partial charge in [0.1, 0.15) is 0 Å². The van der Waals surface area contributed by atoms with E-state index in [1.165, 1.54) is 77.0 Å². The molecule has 1 aliphatic heterocycles. The van der Waals surface area contributed by atoms with Gasteiger partial charge in [0.05, 0.1) is 0 Å². The van der Waals surface area contributed by atoms with Gasteiger partial charge in [0, 0.05) is 12.1 Å². The van der Waals surface area contributed by atoms with Crippen LogP contribution in [0.4, 0.5) is 0 Å². The van der Waals surface area contributed by atoms with E-state index in [-0.39, 0.29) is 0 Å². The first-order valence-corrected chi connectivity index (χ1v) is 11.2. The van der Waals surface area contributed by atoms with Gasteiger partial charge in [0.2, 0.25) is 0 Å². The van der Waals surface area contributed by atoms with Crippen LogP contribution in [0.25, 0.3) is 0 Å². The standard InChI is InChI=1S/C17H33NS/c1-19(14-8-9-15-19)18(16-10-4-2-5-11-16)17-12-6-3-7-13-17/h16-17H,2-15H2,1H3. The molecule has 0 atom stereocenters. The highest BCUT2D eigenvalue weighted by Gasteiger charge is 2.39. The minimum Gasteiger partial charge on any atom is -0.262 e. The van der Waals surface area contributed by atoms with Crippen molar-refractivity contribution in [1.82, 2.24) is 4.31 Å². The summed E-state index contributed by atoms with van der Waals surface area (Å²) in [7, 11) is -0.410. The first kappa shape index (κ1) is 14.3. The van der Waals surface area contributed by atoms with Crippen LogP contribution in [-0.4, -0.2) is 34.2 Å². The fourth-order valence-corrected chi connectivity index (χ4v) is 8.97. The van der Waals surface area contributed by atoms with E-state index >= 15 is 0 Å². The van der Waals surface area contributed by atoms with Gasteiger partial charge in [0.25, 0.3) is 0 Å². The topological polar surface area (TPSA) is 3.24 Å². The third-order valence-corrected chi connectivity index (χ3v) is 9.75. The predicted molar refractivity (Wildman–Crippen MR) is 88.1 cm³/mol. The molecule has 2 saturated carbocycles. The summed E-state index contributed by atoms with van der Waals surface area (Å²) in [5.74, 6) is 3.11. The van der Waals surface area contributed by atoms with Crippen molar-refractivity contribution >= 4 is 10.2 Å². The zero-order valence-corrected chi connectivity index (χ0v) is 13.7. The zero-order valence-electron chi connectivity index (χ0n) is 12.9. The van der Waals surface area contributed by atoms with Crippen molar-refractivity contribution in [2.24, 2.45) is 0 Å². The van der Waals surface area contributed by atoms with Crippen LogP contribution in [0.2, 0.25) is 0 Å². The molecule has 0 aromatic carbocycles. The van der Waals surface area contributed by atoms with Gasteiger partial charge in [-0.25, -0.2) is 0 Å². The van der Waals surface area contributed by atoms with E-state index in [1.807, 2.05) is 0 Å². The predicted octanol–water partition coefficient (Wildman–Crippen LogP) is 5.10. The van der Waals surface area contributed by atoms with E-state index in [0.717, 1.165) is 12.1 Å². The molecular weight excluding hydrogens is 250 g/mol. The van der Waals surface area contributed by atoms with Crippen molar-refractivity contribution in [2.75, 3.05) is 17.8 Å². The maximum Gasteiger partial charge on any atom is 0.0190 e. The first-order valence-electron chi connectivity index (χ1n) is 8.82. The second-order valence-corrected chi connectivity index (χ2v) is 11.0. The third kappa shape index (κ3) is 3.15. The van der Waals surface area contributed by atoms with Crippen LogP contribution in [-0.2, 0) is 0 Å². The van der Waals surface area contributed by atoms with E-state index in [0.29, 0.717) is 0 Å².